The van der Waals surface area contributed by atoms with Crippen molar-refractivity contribution in [3.63, 3.8) is 0 Å². The van der Waals surface area contributed by atoms with Crippen molar-refractivity contribution in [2.75, 3.05) is 0 Å². The molecule has 0 N–H and O–H groups in total. The Hall–Kier alpha value is -6.44. The first-order chi connectivity index (χ1) is 26.4. The Morgan fingerprint density at radius 2 is 0.837 bits per heavy atom. The van der Waals surface area contributed by atoms with Crippen LogP contribution in [0, 0.1) is 0 Å². The first-order valence-corrected chi connectivity index (χ1v) is 16.4. The zero-order chi connectivity index (χ0) is 36.7. The van der Waals surface area contributed by atoms with Gasteiger partial charge in [-0.3, -0.25) is 0 Å². The first kappa shape index (κ1) is 23.0. The van der Waals surface area contributed by atoms with Crippen LogP contribution >= 0.6 is 0 Å². The lowest BCUT2D eigenvalue weighted by Gasteiger charge is -2.20. The number of fused-ring (bicyclic) bond motifs is 6. The average molecular weight is 628 g/mol. The van der Waals surface area contributed by atoms with E-state index in [1.165, 1.54) is 0 Å². The van der Waals surface area contributed by atoms with Gasteiger partial charge in [-0.2, -0.15) is 0 Å². The number of hydrogen-bond donors (Lipinski definition) is 0. The predicted octanol–water partition coefficient (Wildman–Crippen LogP) is 13.7. The van der Waals surface area contributed by atoms with Crippen LogP contribution in [-0.2, 0) is 0 Å². The van der Waals surface area contributed by atoms with E-state index in [4.69, 9.17) is 11.3 Å². The predicted molar refractivity (Wildman–Crippen MR) is 208 cm³/mol. The van der Waals surface area contributed by atoms with Gasteiger partial charge in [0.05, 0.1) is 6.85 Å². The molecular weight excluding hydrogens is 593 g/mol. The molecule has 0 aliphatic carbocycles. The molecule has 0 aliphatic heterocycles. The highest BCUT2D eigenvalue weighted by molar-refractivity contribution is 6.25. The summed E-state index contributed by atoms with van der Waals surface area (Å²) in [5.41, 5.74) is 8.93. The Balaban J connectivity index is 1.28. The van der Waals surface area contributed by atoms with Crippen LogP contribution in [0.2, 0.25) is 0 Å². The van der Waals surface area contributed by atoms with Crippen LogP contribution in [-0.4, -0.2) is 0 Å². The van der Waals surface area contributed by atoms with E-state index in [2.05, 4.69) is 84.9 Å². The second-order valence-electron chi connectivity index (χ2n) is 12.4. The maximum Gasteiger partial charge on any atom is 0.143 e. The zero-order valence-electron chi connectivity index (χ0n) is 31.3. The quantitative estimate of drug-likeness (QED) is 0.177. The van der Waals surface area contributed by atoms with Crippen LogP contribution in [0.4, 0.5) is 0 Å². The van der Waals surface area contributed by atoms with Crippen molar-refractivity contribution >= 4 is 54.3 Å². The van der Waals surface area contributed by atoms with E-state index in [1.54, 1.807) is 0 Å². The van der Waals surface area contributed by atoms with Gasteiger partial charge < -0.3 is 4.42 Å². The van der Waals surface area contributed by atoms with Gasteiger partial charge in [0.1, 0.15) is 11.2 Å². The van der Waals surface area contributed by atoms with Crippen LogP contribution in [0.1, 0.15) is 6.85 Å². The van der Waals surface area contributed by atoms with E-state index < -0.39 is 6.04 Å². The van der Waals surface area contributed by atoms with Gasteiger partial charge in [0.25, 0.3) is 0 Å². The van der Waals surface area contributed by atoms with Gasteiger partial charge in [-0.25, -0.2) is 0 Å². The third kappa shape index (κ3) is 4.26. The standard InChI is InChI=1S/C48H30O/c1-3-15-31(16-4-1)33-27-29-42(47-43-25-13-14-26-44(43)49-48(33)47)36-28-30-41(35-20-8-7-19-34(35)36)46-39-23-11-9-21-37(39)45(32-17-5-2-6-18-32)38-22-10-12-24-40(38)46/h1-30H/i2D,5D,6D,17D,18D. The highest BCUT2D eigenvalue weighted by Crippen LogP contribution is 2.48. The van der Waals surface area contributed by atoms with E-state index in [9.17, 15) is 0 Å². The molecule has 49 heavy (non-hydrogen) atoms. The van der Waals surface area contributed by atoms with Crippen LogP contribution in [0.5, 0.6) is 0 Å². The molecule has 1 nitrogen and oxygen atoms in total. The van der Waals surface area contributed by atoms with E-state index in [0.717, 1.165) is 87.6 Å². The Morgan fingerprint density at radius 1 is 0.347 bits per heavy atom. The monoisotopic (exact) mass is 627 g/mol. The zero-order valence-corrected chi connectivity index (χ0v) is 26.3. The minimum atomic E-state index is -0.402. The molecular formula is C48H30O. The fourth-order valence-corrected chi connectivity index (χ4v) is 7.71. The molecule has 10 rings (SSSR count). The summed E-state index contributed by atoms with van der Waals surface area (Å²) in [6.07, 6.45) is 0. The topological polar surface area (TPSA) is 13.1 Å². The molecule has 0 aliphatic rings. The summed E-state index contributed by atoms with van der Waals surface area (Å²) in [6, 6.07) is 50.4. The van der Waals surface area contributed by atoms with Gasteiger partial charge in [-0.1, -0.05) is 170 Å². The fourth-order valence-electron chi connectivity index (χ4n) is 7.71. The Kier molecular flexibility index (Phi) is 5.20. The van der Waals surface area contributed by atoms with Crippen molar-refractivity contribution in [1.29, 1.82) is 0 Å². The molecule has 0 saturated heterocycles. The van der Waals surface area contributed by atoms with Crippen molar-refractivity contribution in [3.8, 4) is 44.5 Å². The SMILES string of the molecule is [2H]c1c([2H])c([2H])c(-c2c3ccccc3c(-c3ccc(-c4ccc(-c5ccccc5)c5oc6ccccc6c45)c4ccccc34)c3ccccc23)c([2H])c1[2H]. The normalized spacial score (nSPS) is 13.1. The summed E-state index contributed by atoms with van der Waals surface area (Å²) in [6.45, 7) is 0. The summed E-state index contributed by atoms with van der Waals surface area (Å²) in [5.74, 6) is 0. The van der Waals surface area contributed by atoms with E-state index in [0.29, 0.717) is 5.56 Å². The van der Waals surface area contributed by atoms with E-state index in [1.807, 2.05) is 66.7 Å². The van der Waals surface area contributed by atoms with Gasteiger partial charge in [0, 0.05) is 16.3 Å². The summed E-state index contributed by atoms with van der Waals surface area (Å²) in [4.78, 5) is 0. The van der Waals surface area contributed by atoms with Crippen LogP contribution in [0.25, 0.3) is 98.8 Å². The van der Waals surface area contributed by atoms with E-state index >= 15 is 0 Å². The lowest BCUT2D eigenvalue weighted by molar-refractivity contribution is 0.670. The molecule has 0 atom stereocenters. The summed E-state index contributed by atoms with van der Waals surface area (Å²) < 4.78 is 49.7. The number of rotatable bonds is 4. The van der Waals surface area contributed by atoms with E-state index in [-0.39, 0.29) is 29.7 Å². The molecule has 10 aromatic rings. The molecule has 0 unspecified atom stereocenters. The minimum Gasteiger partial charge on any atom is -0.455 e. The third-order valence-corrected chi connectivity index (χ3v) is 9.78. The Morgan fingerprint density at radius 3 is 1.51 bits per heavy atom. The lowest BCUT2D eigenvalue weighted by Crippen LogP contribution is -1.92. The van der Waals surface area contributed by atoms with Gasteiger partial charge in [-0.15, -0.1) is 0 Å². The lowest BCUT2D eigenvalue weighted by atomic mass is 9.83. The highest BCUT2D eigenvalue weighted by Gasteiger charge is 2.21. The number of furan rings is 1. The molecule has 0 bridgehead atoms. The molecule has 228 valence electrons. The van der Waals surface area contributed by atoms with Crippen molar-refractivity contribution in [2.45, 2.75) is 0 Å². The number of benzene rings is 9. The van der Waals surface area contributed by atoms with Crippen molar-refractivity contribution < 1.29 is 11.3 Å². The van der Waals surface area contributed by atoms with Crippen LogP contribution in [0.3, 0.4) is 0 Å². The third-order valence-electron chi connectivity index (χ3n) is 9.78. The van der Waals surface area contributed by atoms with Crippen LogP contribution < -0.4 is 0 Å². The summed E-state index contributed by atoms with van der Waals surface area (Å²) >= 11 is 0. The molecule has 0 spiro atoms. The van der Waals surface area contributed by atoms with Gasteiger partial charge in [0.2, 0.25) is 0 Å². The largest absolute Gasteiger partial charge is 0.455 e. The molecule has 1 heterocycles. The average Bonchev–Trinajstić information content (AvgIpc) is 3.62. The Labute approximate surface area is 291 Å². The smallest absolute Gasteiger partial charge is 0.143 e. The summed E-state index contributed by atoms with van der Waals surface area (Å²) in [5, 5.41) is 7.82. The second kappa shape index (κ2) is 11.1. The fraction of sp³-hybridized carbons (Fsp3) is 0. The van der Waals surface area contributed by atoms with Crippen molar-refractivity contribution in [2.24, 2.45) is 0 Å². The van der Waals surface area contributed by atoms with Gasteiger partial charge in [0.15, 0.2) is 0 Å². The minimum absolute atomic E-state index is 0.204. The number of hydrogen-bond acceptors (Lipinski definition) is 1. The number of para-hydroxylation sites is 1. The molecule has 9 aromatic carbocycles. The van der Waals surface area contributed by atoms with Gasteiger partial charge in [-0.05, 0) is 83.4 Å². The van der Waals surface area contributed by atoms with Crippen molar-refractivity contribution in [1.82, 2.24) is 0 Å². The second-order valence-corrected chi connectivity index (χ2v) is 12.4. The van der Waals surface area contributed by atoms with Crippen LogP contribution in [0.15, 0.2) is 186 Å². The maximum absolute atomic E-state index is 8.93. The Bertz CT molecular complexity index is 3080. The molecule has 0 saturated carbocycles. The highest BCUT2D eigenvalue weighted by atomic mass is 16.3. The molecule has 0 amide bonds. The molecule has 1 heteroatoms. The first-order valence-electron chi connectivity index (χ1n) is 18.9. The molecule has 0 radical (unpaired) electrons. The van der Waals surface area contributed by atoms with Crippen molar-refractivity contribution in [3.05, 3.63) is 182 Å². The maximum atomic E-state index is 8.93. The molecule has 0 fully saturated rings. The summed E-state index contributed by atoms with van der Waals surface area (Å²) in [7, 11) is 0. The van der Waals surface area contributed by atoms with Gasteiger partial charge >= 0.3 is 0 Å². The molecule has 1 aromatic heterocycles.